The van der Waals surface area contributed by atoms with Crippen molar-refractivity contribution >= 4 is 5.78 Å². The van der Waals surface area contributed by atoms with Gasteiger partial charge in [0.25, 0.3) is 0 Å². The van der Waals surface area contributed by atoms with Gasteiger partial charge >= 0.3 is 0 Å². The normalized spacial score (nSPS) is 30.9. The Morgan fingerprint density at radius 1 is 1.58 bits per heavy atom. The summed E-state index contributed by atoms with van der Waals surface area (Å²) in [6.07, 6.45) is 3.20. The highest BCUT2D eigenvalue weighted by molar-refractivity contribution is 5.83. The Balaban J connectivity index is 2.28. The van der Waals surface area contributed by atoms with Gasteiger partial charge in [0.05, 0.1) is 6.10 Å². The van der Waals surface area contributed by atoms with Crippen molar-refractivity contribution < 1.29 is 9.53 Å². The van der Waals surface area contributed by atoms with E-state index >= 15 is 0 Å². The number of rotatable bonds is 4. The molecule has 0 spiro atoms. The molecular weight excluding hydrogens is 152 g/mol. The number of carbonyl (C=O) groups excluding carboxylic acids is 1. The first-order valence-corrected chi connectivity index (χ1v) is 4.75. The van der Waals surface area contributed by atoms with E-state index in [0.29, 0.717) is 17.8 Å². The summed E-state index contributed by atoms with van der Waals surface area (Å²) >= 11 is 0. The van der Waals surface area contributed by atoms with Crippen LogP contribution in [0.3, 0.4) is 0 Å². The summed E-state index contributed by atoms with van der Waals surface area (Å²) in [6, 6.07) is 0. The second kappa shape index (κ2) is 4.04. The molecule has 1 unspecified atom stereocenters. The molecule has 1 fully saturated rings. The maximum Gasteiger partial charge on any atom is 0.138 e. The minimum atomic E-state index is 0.243. The first-order valence-electron chi connectivity index (χ1n) is 4.75. The molecule has 1 aliphatic rings. The van der Waals surface area contributed by atoms with Gasteiger partial charge in [-0.05, 0) is 19.3 Å². The third kappa shape index (κ3) is 1.86. The van der Waals surface area contributed by atoms with E-state index in [9.17, 15) is 4.79 Å². The molecule has 0 bridgehead atoms. The lowest BCUT2D eigenvalue weighted by molar-refractivity contribution is -0.134. The maximum atomic E-state index is 11.6. The third-order valence-electron chi connectivity index (χ3n) is 2.93. The summed E-state index contributed by atoms with van der Waals surface area (Å²) in [6.45, 7) is 4.08. The molecule has 70 valence electrons. The van der Waals surface area contributed by atoms with Crippen LogP contribution in [0.5, 0.6) is 0 Å². The van der Waals surface area contributed by atoms with Gasteiger partial charge in [-0.2, -0.15) is 0 Å². The van der Waals surface area contributed by atoms with Crippen LogP contribution in [0.1, 0.15) is 33.1 Å². The molecule has 1 aliphatic carbocycles. The third-order valence-corrected chi connectivity index (χ3v) is 2.93. The van der Waals surface area contributed by atoms with Crippen LogP contribution < -0.4 is 0 Å². The molecule has 1 atom stereocenters. The lowest BCUT2D eigenvalue weighted by atomic mass is 9.75. The summed E-state index contributed by atoms with van der Waals surface area (Å²) in [4.78, 5) is 11.6. The molecule has 0 amide bonds. The van der Waals surface area contributed by atoms with Crippen LogP contribution in [-0.4, -0.2) is 19.0 Å². The molecule has 0 radical (unpaired) electrons. The fourth-order valence-electron chi connectivity index (χ4n) is 1.59. The van der Waals surface area contributed by atoms with Gasteiger partial charge in [-0.15, -0.1) is 0 Å². The minimum Gasteiger partial charge on any atom is -0.381 e. The SMILES string of the molecule is CCC(C)C(=O)C1CC(OC)C1. The summed E-state index contributed by atoms with van der Waals surface area (Å²) in [5, 5.41) is 0. The zero-order valence-corrected chi connectivity index (χ0v) is 8.17. The molecular formula is C10H18O2. The lowest BCUT2D eigenvalue weighted by Crippen LogP contribution is -2.37. The number of methoxy groups -OCH3 is 1. The van der Waals surface area contributed by atoms with E-state index in [0.717, 1.165) is 19.3 Å². The van der Waals surface area contributed by atoms with Crippen molar-refractivity contribution in [3.63, 3.8) is 0 Å². The summed E-state index contributed by atoms with van der Waals surface area (Å²) in [5.41, 5.74) is 0. The van der Waals surface area contributed by atoms with E-state index in [-0.39, 0.29) is 5.92 Å². The maximum absolute atomic E-state index is 11.6. The first-order chi connectivity index (χ1) is 5.69. The second-order valence-electron chi connectivity index (χ2n) is 3.74. The van der Waals surface area contributed by atoms with Gasteiger partial charge in [-0.25, -0.2) is 0 Å². The van der Waals surface area contributed by atoms with Gasteiger partial charge < -0.3 is 4.74 Å². The van der Waals surface area contributed by atoms with Crippen LogP contribution in [0.25, 0.3) is 0 Å². The number of ketones is 1. The number of hydrogen-bond acceptors (Lipinski definition) is 2. The largest absolute Gasteiger partial charge is 0.381 e. The molecule has 0 aromatic carbocycles. The van der Waals surface area contributed by atoms with Gasteiger partial charge in [0.1, 0.15) is 5.78 Å². The Hall–Kier alpha value is -0.370. The Morgan fingerprint density at radius 2 is 2.17 bits per heavy atom. The Kier molecular flexibility index (Phi) is 3.27. The van der Waals surface area contributed by atoms with Crippen LogP contribution in [0.4, 0.5) is 0 Å². The van der Waals surface area contributed by atoms with E-state index in [1.807, 2.05) is 6.92 Å². The fourth-order valence-corrected chi connectivity index (χ4v) is 1.59. The number of carbonyl (C=O) groups is 1. The average Bonchev–Trinajstić information content (AvgIpc) is 2.01. The molecule has 0 saturated heterocycles. The molecule has 0 aromatic heterocycles. The molecule has 0 heterocycles. The Morgan fingerprint density at radius 3 is 2.58 bits per heavy atom. The van der Waals surface area contributed by atoms with Gasteiger partial charge in [0, 0.05) is 18.9 Å². The lowest BCUT2D eigenvalue weighted by Gasteiger charge is -2.34. The van der Waals surface area contributed by atoms with Gasteiger partial charge in [-0.3, -0.25) is 4.79 Å². The smallest absolute Gasteiger partial charge is 0.138 e. The van der Waals surface area contributed by atoms with Crippen LogP contribution in [0, 0.1) is 11.8 Å². The number of Topliss-reactive ketones (excluding diaryl/α,β-unsaturated/α-hetero) is 1. The topological polar surface area (TPSA) is 26.3 Å². The van der Waals surface area contributed by atoms with Gasteiger partial charge in [0.15, 0.2) is 0 Å². The highest BCUT2D eigenvalue weighted by Gasteiger charge is 2.35. The first kappa shape index (κ1) is 9.72. The van der Waals surface area contributed by atoms with Crippen LogP contribution >= 0.6 is 0 Å². The van der Waals surface area contributed by atoms with Gasteiger partial charge in [-0.1, -0.05) is 13.8 Å². The molecule has 12 heavy (non-hydrogen) atoms. The van der Waals surface area contributed by atoms with Crippen molar-refractivity contribution in [2.24, 2.45) is 11.8 Å². The average molecular weight is 170 g/mol. The molecule has 2 heteroatoms. The van der Waals surface area contributed by atoms with Crippen LogP contribution in [-0.2, 0) is 9.53 Å². The summed E-state index contributed by atoms with van der Waals surface area (Å²) in [7, 11) is 1.72. The van der Waals surface area contributed by atoms with E-state index in [4.69, 9.17) is 4.74 Å². The van der Waals surface area contributed by atoms with Crippen molar-refractivity contribution in [3.05, 3.63) is 0 Å². The Labute approximate surface area is 74.3 Å². The predicted octanol–water partition coefficient (Wildman–Crippen LogP) is 2.03. The highest BCUT2D eigenvalue weighted by Crippen LogP contribution is 2.32. The van der Waals surface area contributed by atoms with Gasteiger partial charge in [0.2, 0.25) is 0 Å². The monoisotopic (exact) mass is 170 g/mol. The molecule has 2 nitrogen and oxygen atoms in total. The molecule has 0 aromatic rings. The van der Waals surface area contributed by atoms with E-state index in [2.05, 4.69) is 6.92 Å². The molecule has 0 N–H and O–H groups in total. The van der Waals surface area contributed by atoms with E-state index in [1.54, 1.807) is 7.11 Å². The van der Waals surface area contributed by atoms with E-state index < -0.39 is 0 Å². The molecule has 0 aliphatic heterocycles. The minimum absolute atomic E-state index is 0.243. The number of hydrogen-bond donors (Lipinski definition) is 0. The zero-order valence-electron chi connectivity index (χ0n) is 8.17. The van der Waals surface area contributed by atoms with Crippen LogP contribution in [0.2, 0.25) is 0 Å². The van der Waals surface area contributed by atoms with Crippen molar-refractivity contribution in [1.82, 2.24) is 0 Å². The fraction of sp³-hybridized carbons (Fsp3) is 0.900. The van der Waals surface area contributed by atoms with Crippen molar-refractivity contribution in [2.45, 2.75) is 39.2 Å². The predicted molar refractivity (Wildman–Crippen MR) is 48.0 cm³/mol. The Bertz CT molecular complexity index is 159. The van der Waals surface area contributed by atoms with Crippen LogP contribution in [0.15, 0.2) is 0 Å². The zero-order chi connectivity index (χ0) is 9.14. The standard InChI is InChI=1S/C10H18O2/c1-4-7(2)10(11)8-5-9(6-8)12-3/h7-9H,4-6H2,1-3H3. The number of ether oxygens (including phenoxy) is 1. The highest BCUT2D eigenvalue weighted by atomic mass is 16.5. The summed E-state index contributed by atoms with van der Waals surface area (Å²) in [5.74, 6) is 0.975. The second-order valence-corrected chi connectivity index (χ2v) is 3.74. The van der Waals surface area contributed by atoms with Crippen molar-refractivity contribution in [2.75, 3.05) is 7.11 Å². The molecule has 1 rings (SSSR count). The summed E-state index contributed by atoms with van der Waals surface area (Å²) < 4.78 is 5.13. The van der Waals surface area contributed by atoms with Crippen molar-refractivity contribution in [3.8, 4) is 0 Å². The van der Waals surface area contributed by atoms with Crippen molar-refractivity contribution in [1.29, 1.82) is 0 Å². The van der Waals surface area contributed by atoms with E-state index in [1.165, 1.54) is 0 Å². The quantitative estimate of drug-likeness (QED) is 0.645. The molecule has 1 saturated carbocycles.